The molecule has 1 aliphatic heterocycles. The van der Waals surface area contributed by atoms with E-state index in [4.69, 9.17) is 42.3 Å². The molecule has 2 amide bonds. The summed E-state index contributed by atoms with van der Waals surface area (Å²) >= 11 is 0. The molecule has 3 aromatic rings. The Kier molecular flexibility index (Phi) is 26.0. The van der Waals surface area contributed by atoms with Gasteiger partial charge in [-0.1, -0.05) is 19.9 Å². The second-order valence-electron chi connectivity index (χ2n) is 18.7. The van der Waals surface area contributed by atoms with Crippen LogP contribution in [0, 0.1) is 6.92 Å². The second-order valence-corrected chi connectivity index (χ2v) is 18.7. The van der Waals surface area contributed by atoms with E-state index in [1.165, 1.54) is 31.4 Å². The number of aldehydes is 1. The number of rotatable bonds is 33. The fourth-order valence-electron chi connectivity index (χ4n) is 8.42. The molecule has 0 spiro atoms. The minimum Gasteiger partial charge on any atom is -0.480 e. The summed E-state index contributed by atoms with van der Waals surface area (Å²) in [6.45, 7) is 13.7. The van der Waals surface area contributed by atoms with Gasteiger partial charge in [0.2, 0.25) is 23.6 Å². The van der Waals surface area contributed by atoms with Gasteiger partial charge in [0, 0.05) is 71.5 Å². The van der Waals surface area contributed by atoms with E-state index < -0.39 is 17.8 Å². The number of furan rings is 1. The number of nitrogens with one attached hydrogen (secondary N) is 3. The number of carbonyl (C=O) groups is 5. The average Bonchev–Trinajstić information content (AvgIpc) is 3.98. The van der Waals surface area contributed by atoms with Crippen LogP contribution in [0.5, 0.6) is 23.5 Å². The third-order valence-electron chi connectivity index (χ3n) is 12.6. The second kappa shape index (κ2) is 32.5. The lowest BCUT2D eigenvalue weighted by atomic mass is 9.86. The average molecular weight is 1070 g/mol. The Morgan fingerprint density at radius 3 is 1.71 bits per heavy atom. The highest BCUT2D eigenvalue weighted by Crippen LogP contribution is 2.42. The van der Waals surface area contributed by atoms with Crippen LogP contribution in [0.4, 0.5) is 11.6 Å². The van der Waals surface area contributed by atoms with E-state index in [0.717, 1.165) is 24.7 Å². The zero-order valence-corrected chi connectivity index (χ0v) is 44.6. The van der Waals surface area contributed by atoms with E-state index >= 15 is 0 Å². The molecular weight excluding hydrogens is 995 g/mol. The van der Waals surface area contributed by atoms with Crippen LogP contribution in [0.3, 0.4) is 0 Å². The van der Waals surface area contributed by atoms with Crippen LogP contribution in [0.25, 0.3) is 0 Å². The summed E-state index contributed by atoms with van der Waals surface area (Å²) < 4.78 is 50.7. The van der Waals surface area contributed by atoms with Gasteiger partial charge in [-0.25, -0.2) is 0 Å². The van der Waals surface area contributed by atoms with Crippen molar-refractivity contribution in [1.29, 1.82) is 0 Å². The number of aryl methyl sites for hydroxylation is 2. The molecule has 25 nitrogen and oxygen atoms in total. The van der Waals surface area contributed by atoms with Crippen LogP contribution in [0.2, 0.25) is 0 Å². The predicted molar refractivity (Wildman–Crippen MR) is 277 cm³/mol. The lowest BCUT2D eigenvalue weighted by Crippen LogP contribution is -2.49. The molecule has 0 bridgehead atoms. The van der Waals surface area contributed by atoms with Crippen molar-refractivity contribution in [3.63, 3.8) is 0 Å². The molecule has 1 aromatic carbocycles. The number of aliphatic carboxylic acids is 2. The molecule has 76 heavy (non-hydrogen) atoms. The third-order valence-corrected chi connectivity index (χ3v) is 12.6. The van der Waals surface area contributed by atoms with Gasteiger partial charge < -0.3 is 73.3 Å². The smallest absolute Gasteiger partial charge is 0.317 e. The third kappa shape index (κ3) is 21.2. The molecule has 3 heterocycles. The molecule has 1 fully saturated rings. The van der Waals surface area contributed by atoms with Crippen molar-refractivity contribution in [3.8, 4) is 23.5 Å². The van der Waals surface area contributed by atoms with Gasteiger partial charge in [-0.15, -0.1) is 0 Å². The van der Waals surface area contributed by atoms with Gasteiger partial charge in [-0.3, -0.25) is 38.8 Å². The molecule has 2 aromatic heterocycles. The lowest BCUT2D eigenvalue weighted by molar-refractivity contribution is -0.140. The first kappa shape index (κ1) is 60.8. The quantitative estimate of drug-likeness (QED) is 0.0430. The molecule has 422 valence electrons. The van der Waals surface area contributed by atoms with E-state index in [-0.39, 0.29) is 79.2 Å². The number of hydrogen-bond donors (Lipinski definition) is 5. The molecule has 25 heteroatoms. The Labute approximate surface area is 443 Å². The normalized spacial score (nSPS) is 15.8. The number of aromatic nitrogens is 2. The van der Waals surface area contributed by atoms with Crippen molar-refractivity contribution in [2.24, 2.45) is 0 Å². The first-order valence-electron chi connectivity index (χ1n) is 25.6. The van der Waals surface area contributed by atoms with Gasteiger partial charge in [0.25, 0.3) is 11.9 Å². The summed E-state index contributed by atoms with van der Waals surface area (Å²) in [6.07, 6.45) is 2.91. The zero-order chi connectivity index (χ0) is 54.7. The maximum Gasteiger partial charge on any atom is 0.317 e. The molecule has 5 rings (SSSR count). The van der Waals surface area contributed by atoms with Gasteiger partial charge in [-0.2, -0.15) is 9.97 Å². The molecule has 5 N–H and O–H groups in total. The van der Waals surface area contributed by atoms with Crippen LogP contribution >= 0.6 is 0 Å². The summed E-state index contributed by atoms with van der Waals surface area (Å²) in [5.41, 5.74) is 3.75. The van der Waals surface area contributed by atoms with Crippen LogP contribution in [0.1, 0.15) is 47.5 Å². The summed E-state index contributed by atoms with van der Waals surface area (Å²) in [6, 6.07) is 7.33. The van der Waals surface area contributed by atoms with Crippen molar-refractivity contribution < 1.29 is 76.5 Å². The number of amides is 2. The number of anilines is 2. The van der Waals surface area contributed by atoms with Gasteiger partial charge in [0.05, 0.1) is 106 Å². The van der Waals surface area contributed by atoms with E-state index in [1.54, 1.807) is 15.9 Å². The Morgan fingerprint density at radius 1 is 0.697 bits per heavy atom. The van der Waals surface area contributed by atoms with E-state index in [2.05, 4.69) is 51.9 Å². The standard InChI is InChI=1S/C51H77N9O16/c1-37-32-38-8-9-51(2,3)39(38)33-41(37)76-45-7-6-40(75-45)47(67)54-46-48(68-4)55-50(56-49(46)69-5)53-11-23-71-25-27-73-29-31-74-30-28-72-26-24-70-22-10-52-42(62)34-58-14-12-57(20-21-61)13-15-59(35-43(63)64)18-19-60(17-16-58)36-44(65)66/h6-7,21,32-33H,8-20,22-31,34-36H2,1-5H3,(H,52,62)(H,54,67)(H,63,64)(H,65,66)(H,53,55,56). The topological polar surface area (TPSA) is 288 Å². The summed E-state index contributed by atoms with van der Waals surface area (Å²) in [4.78, 5) is 76.4. The number of carbonyl (C=O) groups excluding carboxylic acids is 3. The van der Waals surface area contributed by atoms with Crippen molar-refractivity contribution >= 4 is 41.7 Å². The van der Waals surface area contributed by atoms with Crippen molar-refractivity contribution in [2.45, 2.75) is 39.0 Å². The SMILES string of the molecule is COc1nc(NCCOCCOCCOCCOCCOCCNC(=O)CN2CCN(CC=O)CCN(CC(=O)O)CCN(CC(=O)O)CC2)nc(OC)c1NC(=O)c1ccc(Oc2cc3c(cc2C)CCC3(C)C)o1. The Balaban J connectivity index is 0.867. The molecule has 0 radical (unpaired) electrons. The minimum atomic E-state index is -0.992. The van der Waals surface area contributed by atoms with E-state index in [1.807, 2.05) is 16.7 Å². The van der Waals surface area contributed by atoms with Gasteiger partial charge >= 0.3 is 11.9 Å². The molecule has 0 atom stereocenters. The Hall–Kier alpha value is -6.03. The van der Waals surface area contributed by atoms with E-state index in [0.29, 0.717) is 131 Å². The Morgan fingerprint density at radius 2 is 1.20 bits per heavy atom. The molecule has 1 saturated heterocycles. The van der Waals surface area contributed by atoms with Gasteiger partial charge in [0.1, 0.15) is 12.0 Å². The molecule has 2 aliphatic rings. The van der Waals surface area contributed by atoms with Crippen molar-refractivity contribution in [2.75, 3.05) is 183 Å². The maximum atomic E-state index is 13.3. The van der Waals surface area contributed by atoms with Crippen LogP contribution in [0.15, 0.2) is 28.7 Å². The predicted octanol–water partition coefficient (Wildman–Crippen LogP) is 1.86. The van der Waals surface area contributed by atoms with Crippen molar-refractivity contribution in [1.82, 2.24) is 34.9 Å². The van der Waals surface area contributed by atoms with Crippen LogP contribution in [-0.4, -0.2) is 242 Å². The molecule has 0 saturated carbocycles. The Bertz CT molecular complexity index is 2280. The van der Waals surface area contributed by atoms with Crippen LogP contribution < -0.4 is 30.2 Å². The number of fused-ring (bicyclic) bond motifs is 1. The summed E-state index contributed by atoms with van der Waals surface area (Å²) in [5, 5.41) is 27.4. The maximum absolute atomic E-state index is 13.3. The summed E-state index contributed by atoms with van der Waals surface area (Å²) in [7, 11) is 2.83. The monoisotopic (exact) mass is 1070 g/mol. The fourth-order valence-corrected chi connectivity index (χ4v) is 8.42. The number of carboxylic acids is 2. The number of nitrogens with zero attached hydrogens (tertiary/aromatic N) is 6. The highest BCUT2D eigenvalue weighted by atomic mass is 16.6. The largest absolute Gasteiger partial charge is 0.480 e. The highest BCUT2D eigenvalue weighted by molar-refractivity contribution is 6.03. The fraction of sp³-hybridized carbons (Fsp3) is 0.627. The number of ether oxygens (including phenoxy) is 8. The number of carboxylic acid groups (broad SMARTS) is 2. The molecule has 1 aliphatic carbocycles. The minimum absolute atomic E-state index is 0.00917. The zero-order valence-electron chi connectivity index (χ0n) is 44.6. The number of benzene rings is 1. The van der Waals surface area contributed by atoms with Crippen molar-refractivity contribution in [3.05, 3.63) is 46.7 Å². The van der Waals surface area contributed by atoms with E-state index in [9.17, 15) is 34.2 Å². The lowest BCUT2D eigenvalue weighted by Gasteiger charge is -2.32. The van der Waals surface area contributed by atoms with Gasteiger partial charge in [-0.05, 0) is 54.0 Å². The first-order valence-corrected chi connectivity index (χ1v) is 25.6. The summed E-state index contributed by atoms with van der Waals surface area (Å²) in [5.74, 6) is -1.55. The first-order chi connectivity index (χ1) is 36.7. The highest BCUT2D eigenvalue weighted by Gasteiger charge is 2.31. The number of hydrogen-bond acceptors (Lipinski definition) is 21. The molecule has 0 unspecified atom stereocenters. The van der Waals surface area contributed by atoms with Crippen LogP contribution in [-0.2, 0) is 54.7 Å². The number of methoxy groups -OCH3 is 2. The van der Waals surface area contributed by atoms with Gasteiger partial charge in [0.15, 0.2) is 11.4 Å². The molecular formula is C51H77N9O16.